The first kappa shape index (κ1) is 22.2. The highest BCUT2D eigenvalue weighted by atomic mass is 127. The average Bonchev–Trinajstić information content (AvgIpc) is 3.26. The summed E-state index contributed by atoms with van der Waals surface area (Å²) >= 11 is 1.72. The summed E-state index contributed by atoms with van der Waals surface area (Å²) in [6, 6.07) is 2.16. The Morgan fingerprint density at radius 1 is 1.36 bits per heavy atom. The number of nitrogens with one attached hydrogen (secondary N) is 2. The van der Waals surface area contributed by atoms with Gasteiger partial charge in [0.25, 0.3) is 0 Å². The van der Waals surface area contributed by atoms with E-state index in [0.717, 1.165) is 38.2 Å². The lowest BCUT2D eigenvalue weighted by Gasteiger charge is -2.31. The van der Waals surface area contributed by atoms with E-state index in [-0.39, 0.29) is 35.3 Å². The van der Waals surface area contributed by atoms with Gasteiger partial charge in [-0.25, -0.2) is 0 Å². The number of nitrogens with zero attached hydrogens (tertiary/aromatic N) is 2. The molecular weight excluding hydrogens is 447 g/mol. The molecule has 25 heavy (non-hydrogen) atoms. The monoisotopic (exact) mass is 478 g/mol. The first-order chi connectivity index (χ1) is 11.5. The minimum Gasteiger partial charge on any atom is -0.356 e. The zero-order valence-electron chi connectivity index (χ0n) is 15.7. The standard InChI is InChI=1S/C18H30N4OS.HI/c1-14(15-7-10-24-12-15)11-20-17(19-2)21-13-18(8-5-6-9-18)16(23)22(3)4;/h7,10,12,14H,5-6,8-9,11,13H2,1-4H3,(H2,19,20,21);1H. The predicted octanol–water partition coefficient (Wildman–Crippen LogP) is 3.28. The van der Waals surface area contributed by atoms with Crippen LogP contribution in [0.2, 0.25) is 0 Å². The van der Waals surface area contributed by atoms with Gasteiger partial charge in [-0.05, 0) is 41.1 Å². The highest BCUT2D eigenvalue weighted by Gasteiger charge is 2.42. The van der Waals surface area contributed by atoms with Crippen molar-refractivity contribution in [1.29, 1.82) is 0 Å². The number of carbonyl (C=O) groups excluding carboxylic acids is 1. The third-order valence-electron chi connectivity index (χ3n) is 4.93. The van der Waals surface area contributed by atoms with Gasteiger partial charge in [0.2, 0.25) is 5.91 Å². The summed E-state index contributed by atoms with van der Waals surface area (Å²) in [5.74, 6) is 1.43. The van der Waals surface area contributed by atoms with Gasteiger partial charge in [-0.3, -0.25) is 9.79 Å². The van der Waals surface area contributed by atoms with Crippen LogP contribution in [-0.2, 0) is 4.79 Å². The molecule has 1 aromatic rings. The second-order valence-electron chi connectivity index (χ2n) is 6.95. The number of amides is 1. The number of guanidine groups is 1. The Balaban J connectivity index is 0.00000312. The lowest BCUT2D eigenvalue weighted by Crippen LogP contribution is -2.49. The number of hydrogen-bond acceptors (Lipinski definition) is 3. The van der Waals surface area contributed by atoms with Gasteiger partial charge >= 0.3 is 0 Å². The summed E-state index contributed by atoms with van der Waals surface area (Å²) in [5, 5.41) is 11.1. The molecule has 1 aromatic heterocycles. The summed E-state index contributed by atoms with van der Waals surface area (Å²) < 4.78 is 0. The quantitative estimate of drug-likeness (QED) is 0.375. The van der Waals surface area contributed by atoms with Crippen molar-refractivity contribution in [3.63, 3.8) is 0 Å². The Hall–Kier alpha value is -0.830. The number of carbonyl (C=O) groups is 1. The molecule has 2 N–H and O–H groups in total. The fourth-order valence-electron chi connectivity index (χ4n) is 3.39. The maximum Gasteiger partial charge on any atom is 0.230 e. The van der Waals surface area contributed by atoms with E-state index in [4.69, 9.17) is 0 Å². The summed E-state index contributed by atoms with van der Waals surface area (Å²) in [7, 11) is 5.47. The van der Waals surface area contributed by atoms with E-state index in [2.05, 4.69) is 39.4 Å². The van der Waals surface area contributed by atoms with Crippen molar-refractivity contribution in [2.45, 2.75) is 38.5 Å². The number of aliphatic imine (C=N–C) groups is 1. The molecule has 7 heteroatoms. The Kier molecular flexibility index (Phi) is 9.20. The summed E-state index contributed by atoms with van der Waals surface area (Å²) in [4.78, 5) is 18.7. The van der Waals surface area contributed by atoms with Crippen LogP contribution in [0.4, 0.5) is 0 Å². The molecule has 0 bridgehead atoms. The minimum absolute atomic E-state index is 0. The third kappa shape index (κ3) is 5.84. The van der Waals surface area contributed by atoms with Crippen LogP contribution < -0.4 is 10.6 Å². The summed E-state index contributed by atoms with van der Waals surface area (Å²) in [6.45, 7) is 3.68. The molecule has 1 heterocycles. The van der Waals surface area contributed by atoms with Crippen LogP contribution in [0.15, 0.2) is 21.8 Å². The average molecular weight is 478 g/mol. The molecule has 1 fully saturated rings. The van der Waals surface area contributed by atoms with Gasteiger partial charge in [0.1, 0.15) is 0 Å². The second-order valence-corrected chi connectivity index (χ2v) is 7.73. The lowest BCUT2D eigenvalue weighted by atomic mass is 9.84. The van der Waals surface area contributed by atoms with Gasteiger partial charge in [-0.1, -0.05) is 19.8 Å². The lowest BCUT2D eigenvalue weighted by molar-refractivity contribution is -0.138. The van der Waals surface area contributed by atoms with Gasteiger partial charge in [-0.2, -0.15) is 11.3 Å². The number of hydrogen-bond donors (Lipinski definition) is 2. The van der Waals surface area contributed by atoms with Gasteiger partial charge in [-0.15, -0.1) is 24.0 Å². The molecule has 0 saturated heterocycles. The van der Waals surface area contributed by atoms with E-state index in [1.165, 1.54) is 5.56 Å². The van der Waals surface area contributed by atoms with E-state index >= 15 is 0 Å². The number of halogens is 1. The van der Waals surface area contributed by atoms with Crippen LogP contribution in [0.1, 0.15) is 44.1 Å². The molecule has 1 aliphatic carbocycles. The third-order valence-corrected chi connectivity index (χ3v) is 5.63. The Bertz CT molecular complexity index is 553. The van der Waals surface area contributed by atoms with E-state index in [1.54, 1.807) is 23.3 Å². The minimum atomic E-state index is -0.278. The van der Waals surface area contributed by atoms with Gasteiger partial charge < -0.3 is 15.5 Å². The topological polar surface area (TPSA) is 56.7 Å². The molecule has 2 rings (SSSR count). The number of rotatable bonds is 6. The highest BCUT2D eigenvalue weighted by molar-refractivity contribution is 14.0. The smallest absolute Gasteiger partial charge is 0.230 e. The fourth-order valence-corrected chi connectivity index (χ4v) is 4.17. The van der Waals surface area contributed by atoms with E-state index in [1.807, 2.05) is 14.1 Å². The Morgan fingerprint density at radius 3 is 2.56 bits per heavy atom. The molecule has 142 valence electrons. The first-order valence-corrected chi connectivity index (χ1v) is 9.61. The molecule has 1 atom stereocenters. The van der Waals surface area contributed by atoms with Gasteiger partial charge in [0, 0.05) is 34.2 Å². The molecule has 0 aliphatic heterocycles. The maximum atomic E-state index is 12.6. The molecule has 0 spiro atoms. The molecule has 0 radical (unpaired) electrons. The molecule has 5 nitrogen and oxygen atoms in total. The van der Waals surface area contributed by atoms with Crippen molar-refractivity contribution in [2.24, 2.45) is 10.4 Å². The molecular formula is C18H31IN4OS. The molecule has 1 saturated carbocycles. The van der Waals surface area contributed by atoms with E-state index in [0.29, 0.717) is 12.5 Å². The van der Waals surface area contributed by atoms with E-state index in [9.17, 15) is 4.79 Å². The second kappa shape index (κ2) is 10.4. The van der Waals surface area contributed by atoms with Crippen molar-refractivity contribution < 1.29 is 4.79 Å². The Morgan fingerprint density at radius 2 is 2.04 bits per heavy atom. The van der Waals surface area contributed by atoms with Crippen molar-refractivity contribution in [3.05, 3.63) is 22.4 Å². The van der Waals surface area contributed by atoms with Crippen molar-refractivity contribution in [3.8, 4) is 0 Å². The predicted molar refractivity (Wildman–Crippen MR) is 117 cm³/mol. The van der Waals surface area contributed by atoms with Crippen LogP contribution in [0.3, 0.4) is 0 Å². The van der Waals surface area contributed by atoms with Gasteiger partial charge in [0.15, 0.2) is 5.96 Å². The molecule has 0 aromatic carbocycles. The van der Waals surface area contributed by atoms with Crippen LogP contribution in [0.5, 0.6) is 0 Å². The van der Waals surface area contributed by atoms with Crippen molar-refractivity contribution in [1.82, 2.24) is 15.5 Å². The van der Waals surface area contributed by atoms with Crippen LogP contribution in [-0.4, -0.2) is 51.0 Å². The fraction of sp³-hybridized carbons (Fsp3) is 0.667. The highest BCUT2D eigenvalue weighted by Crippen LogP contribution is 2.38. The SMILES string of the molecule is CN=C(NCC(C)c1ccsc1)NCC1(C(=O)N(C)C)CCCC1.I. The largest absolute Gasteiger partial charge is 0.356 e. The van der Waals surface area contributed by atoms with Crippen molar-refractivity contribution >= 4 is 47.2 Å². The first-order valence-electron chi connectivity index (χ1n) is 8.67. The molecule has 1 amide bonds. The summed E-state index contributed by atoms with van der Waals surface area (Å²) in [6.07, 6.45) is 4.17. The van der Waals surface area contributed by atoms with E-state index < -0.39 is 0 Å². The zero-order valence-corrected chi connectivity index (χ0v) is 18.8. The van der Waals surface area contributed by atoms with Gasteiger partial charge in [0.05, 0.1) is 5.41 Å². The van der Waals surface area contributed by atoms with Crippen LogP contribution in [0, 0.1) is 5.41 Å². The normalized spacial score (nSPS) is 17.5. The summed E-state index contributed by atoms with van der Waals surface area (Å²) in [5.41, 5.74) is 1.07. The maximum absolute atomic E-state index is 12.6. The number of thiophene rings is 1. The van der Waals surface area contributed by atoms with Crippen molar-refractivity contribution in [2.75, 3.05) is 34.2 Å². The van der Waals surface area contributed by atoms with Crippen LogP contribution in [0.25, 0.3) is 0 Å². The Labute approximate surface area is 172 Å². The van der Waals surface area contributed by atoms with Crippen LogP contribution >= 0.6 is 35.3 Å². The molecule has 1 unspecified atom stereocenters. The zero-order chi connectivity index (χ0) is 17.6. The molecule has 1 aliphatic rings.